The summed E-state index contributed by atoms with van der Waals surface area (Å²) in [5.41, 5.74) is -0.485. The van der Waals surface area contributed by atoms with Crippen LogP contribution in [-0.4, -0.2) is 30.5 Å². The third-order valence-electron chi connectivity index (χ3n) is 4.58. The van der Waals surface area contributed by atoms with Gasteiger partial charge in [-0.3, -0.25) is 34.9 Å². The Balaban J connectivity index is 1.85. The van der Waals surface area contributed by atoms with Gasteiger partial charge in [-0.2, -0.15) is 0 Å². The van der Waals surface area contributed by atoms with Crippen molar-refractivity contribution < 1.29 is 14.6 Å². The van der Waals surface area contributed by atoms with Gasteiger partial charge < -0.3 is 0 Å². The topological polar surface area (TPSA) is 146 Å². The molecule has 1 N–H and O–H groups in total. The molecule has 1 heterocycles. The van der Waals surface area contributed by atoms with Crippen LogP contribution in [0.15, 0.2) is 41.6 Å². The minimum atomic E-state index is -0.777. The molecule has 0 radical (unpaired) electrons. The van der Waals surface area contributed by atoms with Crippen molar-refractivity contribution >= 4 is 46.6 Å². The second-order valence-corrected chi connectivity index (χ2v) is 7.89. The van der Waals surface area contributed by atoms with Crippen molar-refractivity contribution in [3.05, 3.63) is 78.3 Å². The van der Waals surface area contributed by atoms with Crippen LogP contribution in [0.2, 0.25) is 5.02 Å². The molecule has 0 saturated carbocycles. The first-order valence-corrected chi connectivity index (χ1v) is 10.6. The fourth-order valence-electron chi connectivity index (χ4n) is 2.90. The van der Waals surface area contributed by atoms with E-state index in [-0.39, 0.29) is 17.1 Å². The lowest BCUT2D eigenvalue weighted by atomic mass is 10.1. The van der Waals surface area contributed by atoms with Crippen LogP contribution in [0.3, 0.4) is 0 Å². The van der Waals surface area contributed by atoms with Crippen LogP contribution >= 0.6 is 23.4 Å². The lowest BCUT2D eigenvalue weighted by Crippen LogP contribution is -2.17. The van der Waals surface area contributed by atoms with E-state index in [0.29, 0.717) is 22.5 Å². The first-order chi connectivity index (χ1) is 15.2. The van der Waals surface area contributed by atoms with Gasteiger partial charge in [0.1, 0.15) is 5.56 Å². The molecular weight excluding hydrogens is 460 g/mol. The van der Waals surface area contributed by atoms with Crippen molar-refractivity contribution in [3.8, 4) is 0 Å². The summed E-state index contributed by atoms with van der Waals surface area (Å²) >= 11 is 7.55. The number of nitrogens with zero attached hydrogens (tertiary/aromatic N) is 5. The van der Waals surface area contributed by atoms with E-state index in [0.717, 1.165) is 17.7 Å². The number of halogens is 1. The largest absolute Gasteiger partial charge is 0.290 e. The third kappa shape index (κ3) is 4.86. The minimum absolute atomic E-state index is 0.116. The van der Waals surface area contributed by atoms with Crippen molar-refractivity contribution in [3.63, 3.8) is 0 Å². The Bertz CT molecular complexity index is 1180. The van der Waals surface area contributed by atoms with E-state index >= 15 is 0 Å². The van der Waals surface area contributed by atoms with E-state index in [2.05, 4.69) is 15.5 Å². The Hall–Kier alpha value is -3.51. The maximum absolute atomic E-state index is 12.7. The number of thioether (sulfide) groups is 1. The summed E-state index contributed by atoms with van der Waals surface area (Å²) in [5.74, 6) is -0.131. The predicted octanol–water partition coefficient (Wildman–Crippen LogP) is 4.62. The van der Waals surface area contributed by atoms with Crippen LogP contribution < -0.4 is 5.32 Å². The first-order valence-electron chi connectivity index (χ1n) is 9.27. The van der Waals surface area contributed by atoms with Crippen molar-refractivity contribution in [2.24, 2.45) is 0 Å². The Morgan fingerprint density at radius 3 is 2.34 bits per heavy atom. The van der Waals surface area contributed by atoms with Crippen molar-refractivity contribution in [1.82, 2.24) is 14.8 Å². The normalized spacial score (nSPS) is 10.7. The summed E-state index contributed by atoms with van der Waals surface area (Å²) in [4.78, 5) is 33.7. The summed E-state index contributed by atoms with van der Waals surface area (Å²) in [6.45, 7) is 3.52. The molecule has 3 aromatic rings. The molecule has 0 saturated heterocycles. The summed E-state index contributed by atoms with van der Waals surface area (Å²) in [7, 11) is 0. The average Bonchev–Trinajstić information content (AvgIpc) is 3.14. The molecule has 32 heavy (non-hydrogen) atoms. The van der Waals surface area contributed by atoms with Gasteiger partial charge in [-0.1, -0.05) is 41.6 Å². The third-order valence-corrected chi connectivity index (χ3v) is 5.97. The highest BCUT2D eigenvalue weighted by Crippen LogP contribution is 2.30. The second-order valence-electron chi connectivity index (χ2n) is 6.54. The van der Waals surface area contributed by atoms with Crippen LogP contribution in [0.1, 0.15) is 28.4 Å². The highest BCUT2D eigenvalue weighted by Gasteiger charge is 2.26. The molecule has 13 heteroatoms. The first kappa shape index (κ1) is 23.2. The number of anilines is 1. The Morgan fingerprint density at radius 1 is 1.16 bits per heavy atom. The monoisotopic (exact) mass is 476 g/mol. The molecule has 166 valence electrons. The lowest BCUT2D eigenvalue weighted by molar-refractivity contribution is -0.395. The van der Waals surface area contributed by atoms with Crippen LogP contribution in [0.5, 0.6) is 0 Å². The van der Waals surface area contributed by atoms with Gasteiger partial charge in [0.25, 0.3) is 17.3 Å². The van der Waals surface area contributed by atoms with Crippen molar-refractivity contribution in [2.45, 2.75) is 31.3 Å². The van der Waals surface area contributed by atoms with Gasteiger partial charge in [0.2, 0.25) is 5.95 Å². The molecule has 1 amide bonds. The summed E-state index contributed by atoms with van der Waals surface area (Å²) in [6, 6.07) is 9.38. The van der Waals surface area contributed by atoms with E-state index < -0.39 is 27.1 Å². The predicted molar refractivity (Wildman–Crippen MR) is 119 cm³/mol. The van der Waals surface area contributed by atoms with Gasteiger partial charge in [0, 0.05) is 29.5 Å². The molecule has 0 unspecified atom stereocenters. The van der Waals surface area contributed by atoms with E-state index in [9.17, 15) is 25.0 Å². The summed E-state index contributed by atoms with van der Waals surface area (Å²) < 4.78 is 1.65. The Kier molecular flexibility index (Phi) is 7.05. The van der Waals surface area contributed by atoms with Gasteiger partial charge in [-0.15, -0.1) is 10.2 Å². The molecule has 11 nitrogen and oxygen atoms in total. The molecule has 3 rings (SSSR count). The summed E-state index contributed by atoms with van der Waals surface area (Å²) in [6.07, 6.45) is 0. The number of nitrogens with one attached hydrogen (secondary N) is 1. The fourth-order valence-corrected chi connectivity index (χ4v) is 4.19. The molecule has 0 atom stereocenters. The second kappa shape index (κ2) is 9.75. The molecule has 2 aromatic carbocycles. The zero-order valence-corrected chi connectivity index (χ0v) is 18.5. The number of rotatable bonds is 8. The van der Waals surface area contributed by atoms with Gasteiger partial charge in [-0.25, -0.2) is 0 Å². The number of carbonyl (C=O) groups excluding carboxylic acids is 1. The van der Waals surface area contributed by atoms with Gasteiger partial charge in [0.05, 0.1) is 15.4 Å². The van der Waals surface area contributed by atoms with Crippen LogP contribution in [-0.2, 0) is 12.3 Å². The standard InChI is InChI=1S/C19H17ClN6O5S/c1-3-24-18(22-23-19(24)32-10-12-6-4-5-7-14(12)20)21-17(27)13-8-15(25(28)29)11(2)16(9-13)26(30)31/h4-9H,3,10H2,1-2H3,(H,21,22,27). The number of aromatic nitrogens is 3. The number of hydrogen-bond acceptors (Lipinski definition) is 8. The molecule has 1 aromatic heterocycles. The van der Waals surface area contributed by atoms with E-state index in [1.54, 1.807) is 10.6 Å². The fraction of sp³-hybridized carbons (Fsp3) is 0.211. The maximum atomic E-state index is 12.7. The molecule has 0 aliphatic carbocycles. The lowest BCUT2D eigenvalue weighted by Gasteiger charge is -2.09. The summed E-state index contributed by atoms with van der Waals surface area (Å²) in [5, 5.41) is 34.3. The smallest absolute Gasteiger partial charge is 0.279 e. The van der Waals surface area contributed by atoms with Gasteiger partial charge in [-0.05, 0) is 25.5 Å². The molecule has 0 aliphatic rings. The average molecular weight is 477 g/mol. The number of hydrogen-bond donors (Lipinski definition) is 1. The maximum Gasteiger partial charge on any atom is 0.279 e. The van der Waals surface area contributed by atoms with E-state index in [1.165, 1.54) is 18.7 Å². The van der Waals surface area contributed by atoms with Crippen molar-refractivity contribution in [1.29, 1.82) is 0 Å². The molecular formula is C19H17ClN6O5S. The Morgan fingerprint density at radius 2 is 1.78 bits per heavy atom. The van der Waals surface area contributed by atoms with Crippen LogP contribution in [0.4, 0.5) is 17.3 Å². The molecule has 0 bridgehead atoms. The molecule has 0 aliphatic heterocycles. The number of carbonyl (C=O) groups is 1. The van der Waals surface area contributed by atoms with E-state index in [1.807, 2.05) is 25.1 Å². The van der Waals surface area contributed by atoms with Crippen molar-refractivity contribution in [2.75, 3.05) is 5.32 Å². The molecule has 0 spiro atoms. The number of nitro benzene ring substituents is 2. The quantitative estimate of drug-likeness (QED) is 0.281. The zero-order chi connectivity index (χ0) is 23.4. The highest BCUT2D eigenvalue weighted by atomic mass is 35.5. The highest BCUT2D eigenvalue weighted by molar-refractivity contribution is 7.98. The molecule has 0 fully saturated rings. The minimum Gasteiger partial charge on any atom is -0.290 e. The Labute approximate surface area is 191 Å². The zero-order valence-electron chi connectivity index (χ0n) is 16.9. The van der Waals surface area contributed by atoms with Gasteiger partial charge >= 0.3 is 0 Å². The van der Waals surface area contributed by atoms with Gasteiger partial charge in [0.15, 0.2) is 5.16 Å². The van der Waals surface area contributed by atoms with Crippen LogP contribution in [0.25, 0.3) is 0 Å². The number of nitro groups is 2. The number of benzene rings is 2. The van der Waals surface area contributed by atoms with E-state index in [4.69, 9.17) is 11.6 Å². The van der Waals surface area contributed by atoms with Crippen LogP contribution in [0, 0.1) is 27.2 Å². The number of amides is 1. The SMILES string of the molecule is CCn1c(NC(=O)c2cc([N+](=O)[O-])c(C)c([N+](=O)[O-])c2)nnc1SCc1ccccc1Cl.